The largest absolute Gasteiger partial charge is 0.331 e. The predicted octanol–water partition coefficient (Wildman–Crippen LogP) is 1.28. The first-order valence-electron chi connectivity index (χ1n) is 8.41. The number of carbonyl (C=O) groups is 1. The Morgan fingerprint density at radius 1 is 1.16 bits per heavy atom. The number of fused-ring (bicyclic) bond motifs is 1. The Morgan fingerprint density at radius 2 is 2.00 bits per heavy atom. The van der Waals surface area contributed by atoms with Gasteiger partial charge in [-0.15, -0.1) is 11.8 Å². The lowest BCUT2D eigenvalue weighted by Gasteiger charge is -2.36. The minimum atomic E-state index is -0.117. The van der Waals surface area contributed by atoms with E-state index in [2.05, 4.69) is 38.2 Å². The predicted molar refractivity (Wildman–Crippen MR) is 97.9 cm³/mol. The van der Waals surface area contributed by atoms with Gasteiger partial charge in [0.2, 0.25) is 5.91 Å². The number of carbonyl (C=O) groups excluding carboxylic acids is 1. The van der Waals surface area contributed by atoms with E-state index in [9.17, 15) is 4.79 Å². The fraction of sp³-hybridized carbons (Fsp3) is 0.333. The van der Waals surface area contributed by atoms with Crippen LogP contribution in [0.25, 0.3) is 0 Å². The van der Waals surface area contributed by atoms with Gasteiger partial charge in [-0.2, -0.15) is 0 Å². The highest BCUT2D eigenvalue weighted by molar-refractivity contribution is 7.99. The molecule has 1 aromatic carbocycles. The number of nitrogens with zero attached hydrogens (tertiary/aromatic N) is 2. The molecule has 6 nitrogen and oxygen atoms in total. The van der Waals surface area contributed by atoms with Gasteiger partial charge in [0.05, 0.1) is 17.8 Å². The molecule has 0 saturated carbocycles. The Balaban J connectivity index is 1.39. The van der Waals surface area contributed by atoms with E-state index in [1.54, 1.807) is 18.0 Å². The van der Waals surface area contributed by atoms with Crippen molar-refractivity contribution >= 4 is 17.7 Å². The third-order valence-corrected chi connectivity index (χ3v) is 5.53. The van der Waals surface area contributed by atoms with Crippen molar-refractivity contribution in [1.82, 2.24) is 26.1 Å². The molecule has 0 aliphatic carbocycles. The summed E-state index contributed by atoms with van der Waals surface area (Å²) in [5.41, 5.74) is 5.48. The average Bonchev–Trinajstić information content (AvgIpc) is 3.05. The maximum absolute atomic E-state index is 12.4. The summed E-state index contributed by atoms with van der Waals surface area (Å²) in [6.45, 7) is 1.42. The van der Waals surface area contributed by atoms with Crippen molar-refractivity contribution in [2.45, 2.75) is 24.0 Å². The lowest BCUT2D eigenvalue weighted by atomic mass is 10.1. The number of amides is 1. The summed E-state index contributed by atoms with van der Waals surface area (Å²) < 4.78 is 0. The van der Waals surface area contributed by atoms with E-state index in [0.717, 1.165) is 18.0 Å². The summed E-state index contributed by atoms with van der Waals surface area (Å²) in [5, 5.41) is 8.75. The second-order valence-electron chi connectivity index (χ2n) is 6.21. The van der Waals surface area contributed by atoms with Crippen LogP contribution in [0.3, 0.4) is 0 Å². The smallest absolute Gasteiger partial charge is 0.229 e. The molecule has 0 radical (unpaired) electrons. The number of hydrazine groups is 1. The third-order valence-electron chi connectivity index (χ3n) is 4.48. The molecule has 2 saturated heterocycles. The number of hydrogen-bond donors (Lipinski definition) is 3. The van der Waals surface area contributed by atoms with Crippen LogP contribution in [-0.2, 0) is 17.1 Å². The maximum atomic E-state index is 12.4. The molecule has 130 valence electrons. The van der Waals surface area contributed by atoms with Crippen LogP contribution >= 0.6 is 11.8 Å². The van der Waals surface area contributed by atoms with Gasteiger partial charge in [0, 0.05) is 25.0 Å². The second-order valence-corrected chi connectivity index (χ2v) is 7.31. The molecule has 3 heterocycles. The molecule has 1 aromatic heterocycles. The normalized spacial score (nSPS) is 26.2. The second kappa shape index (κ2) is 7.53. The van der Waals surface area contributed by atoms with Crippen molar-refractivity contribution in [2.75, 3.05) is 6.54 Å². The highest BCUT2D eigenvalue weighted by Crippen LogP contribution is 2.24. The first-order chi connectivity index (χ1) is 12.3. The van der Waals surface area contributed by atoms with Crippen LogP contribution in [-0.4, -0.2) is 34.1 Å². The van der Waals surface area contributed by atoms with Gasteiger partial charge in [0.25, 0.3) is 0 Å². The van der Waals surface area contributed by atoms with Crippen molar-refractivity contribution in [3.8, 4) is 0 Å². The average molecular weight is 355 g/mol. The van der Waals surface area contributed by atoms with E-state index < -0.39 is 0 Å². The molecular weight excluding hydrogens is 334 g/mol. The van der Waals surface area contributed by atoms with Crippen molar-refractivity contribution in [1.29, 1.82) is 0 Å². The van der Waals surface area contributed by atoms with Gasteiger partial charge in [0.15, 0.2) is 0 Å². The zero-order chi connectivity index (χ0) is 17.1. The van der Waals surface area contributed by atoms with E-state index in [0.29, 0.717) is 6.54 Å². The summed E-state index contributed by atoms with van der Waals surface area (Å²) >= 11 is 1.65. The molecule has 0 spiro atoms. The number of pyridine rings is 1. The molecule has 2 aliphatic heterocycles. The number of aromatic nitrogens is 1. The zero-order valence-corrected chi connectivity index (χ0v) is 14.6. The van der Waals surface area contributed by atoms with Crippen LogP contribution in [0.1, 0.15) is 11.3 Å². The quantitative estimate of drug-likeness (QED) is 0.751. The fourth-order valence-electron chi connectivity index (χ4n) is 3.19. The molecule has 4 rings (SSSR count). The Kier molecular flexibility index (Phi) is 4.98. The van der Waals surface area contributed by atoms with Crippen LogP contribution in [0, 0.1) is 5.92 Å². The van der Waals surface area contributed by atoms with Gasteiger partial charge in [0.1, 0.15) is 5.50 Å². The third kappa shape index (κ3) is 3.85. The lowest BCUT2D eigenvalue weighted by molar-refractivity contribution is -0.128. The van der Waals surface area contributed by atoms with Gasteiger partial charge < -0.3 is 5.32 Å². The monoisotopic (exact) mass is 355 g/mol. The summed E-state index contributed by atoms with van der Waals surface area (Å²) in [6.07, 6.45) is 1.79. The molecule has 2 fully saturated rings. The van der Waals surface area contributed by atoms with Crippen molar-refractivity contribution in [3.63, 3.8) is 0 Å². The number of hydrogen-bond acceptors (Lipinski definition) is 6. The standard InChI is InChI=1S/C18H21N5OS/c24-17-15-10-20-23(11-13-6-2-1-3-7-13)16(15)21-18(22-17)25-12-14-8-4-5-9-19-14/h1-9,15-16,18,20-21H,10-12H2,(H,22,24). The van der Waals surface area contributed by atoms with Crippen LogP contribution in [0.4, 0.5) is 0 Å². The number of benzene rings is 1. The summed E-state index contributed by atoms with van der Waals surface area (Å²) in [7, 11) is 0. The van der Waals surface area contributed by atoms with Gasteiger partial charge in [-0.3, -0.25) is 20.5 Å². The molecular formula is C18H21N5OS. The van der Waals surface area contributed by atoms with Gasteiger partial charge in [-0.25, -0.2) is 5.01 Å². The Hall–Kier alpha value is -1.93. The van der Waals surface area contributed by atoms with E-state index in [-0.39, 0.29) is 23.5 Å². The zero-order valence-electron chi connectivity index (χ0n) is 13.8. The Bertz CT molecular complexity index is 714. The van der Waals surface area contributed by atoms with Crippen LogP contribution in [0.5, 0.6) is 0 Å². The molecule has 7 heteroatoms. The van der Waals surface area contributed by atoms with Crippen molar-refractivity contribution in [2.24, 2.45) is 5.92 Å². The molecule has 2 aromatic rings. The molecule has 3 N–H and O–H groups in total. The maximum Gasteiger partial charge on any atom is 0.229 e. The Morgan fingerprint density at radius 3 is 2.80 bits per heavy atom. The van der Waals surface area contributed by atoms with E-state index in [1.165, 1.54) is 5.56 Å². The lowest BCUT2D eigenvalue weighted by Crippen LogP contribution is -2.62. The molecule has 2 aliphatic rings. The minimum absolute atomic E-state index is 0.00445. The van der Waals surface area contributed by atoms with Crippen LogP contribution in [0.2, 0.25) is 0 Å². The van der Waals surface area contributed by atoms with Crippen LogP contribution in [0.15, 0.2) is 54.7 Å². The topological polar surface area (TPSA) is 69.3 Å². The molecule has 1 amide bonds. The molecule has 25 heavy (non-hydrogen) atoms. The number of nitrogens with one attached hydrogen (secondary N) is 3. The highest BCUT2D eigenvalue weighted by Gasteiger charge is 2.43. The van der Waals surface area contributed by atoms with Gasteiger partial charge >= 0.3 is 0 Å². The minimum Gasteiger partial charge on any atom is -0.331 e. The number of rotatable bonds is 5. The van der Waals surface area contributed by atoms with E-state index >= 15 is 0 Å². The van der Waals surface area contributed by atoms with Crippen molar-refractivity contribution < 1.29 is 4.79 Å². The first-order valence-corrected chi connectivity index (χ1v) is 9.46. The molecule has 3 atom stereocenters. The first kappa shape index (κ1) is 16.5. The SMILES string of the molecule is O=C1NC(SCc2ccccn2)NC2C1CNN2Cc1ccccc1. The van der Waals surface area contributed by atoms with Crippen molar-refractivity contribution in [3.05, 3.63) is 66.0 Å². The molecule has 0 bridgehead atoms. The van der Waals surface area contributed by atoms with Gasteiger partial charge in [-0.05, 0) is 17.7 Å². The van der Waals surface area contributed by atoms with Crippen LogP contribution < -0.4 is 16.1 Å². The Labute approximate surface area is 151 Å². The van der Waals surface area contributed by atoms with Gasteiger partial charge in [-0.1, -0.05) is 36.4 Å². The molecule has 3 unspecified atom stereocenters. The van der Waals surface area contributed by atoms with E-state index in [4.69, 9.17) is 0 Å². The summed E-state index contributed by atoms with van der Waals surface area (Å²) in [4.78, 5) is 16.8. The summed E-state index contributed by atoms with van der Waals surface area (Å²) in [5.74, 6) is 0.781. The van der Waals surface area contributed by atoms with E-state index in [1.807, 2.05) is 36.4 Å². The highest BCUT2D eigenvalue weighted by atomic mass is 32.2. The fourth-order valence-corrected chi connectivity index (χ4v) is 4.14. The summed E-state index contributed by atoms with van der Waals surface area (Å²) in [6, 6.07) is 16.2. The number of thioether (sulfide) groups is 1.